The lowest BCUT2D eigenvalue weighted by atomic mass is 9.92. The van der Waals surface area contributed by atoms with Crippen molar-refractivity contribution in [2.24, 2.45) is 5.92 Å². The molecule has 1 unspecified atom stereocenters. The van der Waals surface area contributed by atoms with Gasteiger partial charge in [0, 0.05) is 51.2 Å². The van der Waals surface area contributed by atoms with E-state index in [1.807, 2.05) is 4.90 Å². The number of ether oxygens (including phenoxy) is 1. The Morgan fingerprint density at radius 3 is 2.66 bits per heavy atom. The Morgan fingerprint density at radius 2 is 2.00 bits per heavy atom. The van der Waals surface area contributed by atoms with E-state index in [9.17, 15) is 18.0 Å². The average molecular weight is 427 g/mol. The fourth-order valence-corrected chi connectivity index (χ4v) is 5.30. The number of carbonyl (C=O) groups is 1. The summed E-state index contributed by atoms with van der Waals surface area (Å²) in [5.74, 6) is 0.610. The van der Waals surface area contributed by atoms with E-state index in [0.29, 0.717) is 50.5 Å². The molecule has 29 heavy (non-hydrogen) atoms. The van der Waals surface area contributed by atoms with Gasteiger partial charge >= 0.3 is 0 Å². The van der Waals surface area contributed by atoms with Gasteiger partial charge in [0.1, 0.15) is 5.82 Å². The van der Waals surface area contributed by atoms with Crippen LogP contribution in [0.3, 0.4) is 0 Å². The van der Waals surface area contributed by atoms with E-state index in [1.54, 1.807) is 14.0 Å². The number of likely N-dealkylation sites (tertiary alicyclic amines) is 1. The number of piperidine rings is 2. The van der Waals surface area contributed by atoms with Crippen LogP contribution >= 0.6 is 0 Å². The molecule has 2 aliphatic heterocycles. The van der Waals surface area contributed by atoms with Crippen LogP contribution < -0.4 is 5.56 Å². The lowest BCUT2D eigenvalue weighted by Gasteiger charge is -2.37. The van der Waals surface area contributed by atoms with E-state index < -0.39 is 10.0 Å². The first-order chi connectivity index (χ1) is 13.8. The van der Waals surface area contributed by atoms with Gasteiger partial charge in [0.05, 0.1) is 18.1 Å². The molecule has 1 aromatic heterocycles. The molecule has 0 aromatic carbocycles. The van der Waals surface area contributed by atoms with Gasteiger partial charge in [-0.25, -0.2) is 17.7 Å². The molecule has 0 aliphatic carbocycles. The van der Waals surface area contributed by atoms with Crippen LogP contribution in [0.4, 0.5) is 0 Å². The normalized spacial score (nSPS) is 22.0. The summed E-state index contributed by atoms with van der Waals surface area (Å²) in [4.78, 5) is 34.2. The van der Waals surface area contributed by atoms with E-state index in [4.69, 9.17) is 4.74 Å². The third-order valence-corrected chi connectivity index (χ3v) is 7.67. The lowest BCUT2D eigenvalue weighted by Crippen LogP contribution is -2.47. The number of H-pyrrole nitrogens is 1. The Kier molecular flexibility index (Phi) is 7.07. The summed E-state index contributed by atoms with van der Waals surface area (Å²) in [6.07, 6.45) is 2.81. The standard InChI is InChI=1S/C19H30N4O5S/c1-3-29(26,27)23-9-6-14(7-10-23)19(25)22-8-4-5-15(12-22)18-20-16(13-28-2)11-17(24)21-18/h11,14-15H,3-10,12-13H2,1-2H3,(H,20,21,24). The van der Waals surface area contributed by atoms with E-state index in [1.165, 1.54) is 10.4 Å². The molecule has 0 saturated carbocycles. The van der Waals surface area contributed by atoms with Gasteiger partial charge in [-0.3, -0.25) is 9.59 Å². The Balaban J connectivity index is 1.64. The summed E-state index contributed by atoms with van der Waals surface area (Å²) >= 11 is 0. The van der Waals surface area contributed by atoms with Gasteiger partial charge < -0.3 is 14.6 Å². The van der Waals surface area contributed by atoms with Gasteiger partial charge in [0.15, 0.2) is 0 Å². The van der Waals surface area contributed by atoms with Crippen LogP contribution in [0.1, 0.15) is 50.0 Å². The lowest BCUT2D eigenvalue weighted by molar-refractivity contribution is -0.138. The molecule has 0 spiro atoms. The van der Waals surface area contributed by atoms with Gasteiger partial charge in [0.2, 0.25) is 15.9 Å². The molecule has 162 valence electrons. The highest BCUT2D eigenvalue weighted by atomic mass is 32.2. The number of nitrogens with one attached hydrogen (secondary N) is 1. The Bertz CT molecular complexity index is 877. The molecular formula is C19H30N4O5S. The van der Waals surface area contributed by atoms with Crippen molar-refractivity contribution in [2.75, 3.05) is 39.0 Å². The molecule has 1 atom stereocenters. The molecule has 1 amide bonds. The summed E-state index contributed by atoms with van der Waals surface area (Å²) in [7, 11) is -1.64. The van der Waals surface area contributed by atoms with Crippen molar-refractivity contribution in [2.45, 2.75) is 45.1 Å². The third-order valence-electron chi connectivity index (χ3n) is 5.79. The Labute approximate surface area is 171 Å². The number of aromatic nitrogens is 2. The molecule has 2 aliphatic rings. The van der Waals surface area contributed by atoms with Crippen LogP contribution in [0.15, 0.2) is 10.9 Å². The maximum atomic E-state index is 13.0. The second-order valence-corrected chi connectivity index (χ2v) is 10.0. The second kappa shape index (κ2) is 9.36. The minimum Gasteiger partial charge on any atom is -0.378 e. The van der Waals surface area contributed by atoms with Crippen molar-refractivity contribution in [3.8, 4) is 0 Å². The number of nitrogens with zero attached hydrogens (tertiary/aromatic N) is 3. The second-order valence-electron chi connectivity index (χ2n) is 7.75. The molecule has 0 bridgehead atoms. The zero-order valence-corrected chi connectivity index (χ0v) is 17.9. The van der Waals surface area contributed by atoms with Crippen molar-refractivity contribution in [3.63, 3.8) is 0 Å². The highest BCUT2D eigenvalue weighted by Gasteiger charge is 2.34. The molecule has 3 heterocycles. The number of hydrogen-bond donors (Lipinski definition) is 1. The fourth-order valence-electron chi connectivity index (χ4n) is 4.17. The van der Waals surface area contributed by atoms with Crippen LogP contribution in [0.25, 0.3) is 0 Å². The molecule has 3 rings (SSSR count). The first-order valence-electron chi connectivity index (χ1n) is 10.2. The van der Waals surface area contributed by atoms with Crippen molar-refractivity contribution >= 4 is 15.9 Å². The highest BCUT2D eigenvalue weighted by molar-refractivity contribution is 7.89. The smallest absolute Gasteiger partial charge is 0.251 e. The monoisotopic (exact) mass is 426 g/mol. The number of sulfonamides is 1. The maximum Gasteiger partial charge on any atom is 0.251 e. The fraction of sp³-hybridized carbons (Fsp3) is 0.737. The molecule has 1 aromatic rings. The molecular weight excluding hydrogens is 396 g/mol. The number of rotatable bonds is 6. The predicted molar refractivity (Wildman–Crippen MR) is 108 cm³/mol. The summed E-state index contributed by atoms with van der Waals surface area (Å²) < 4.78 is 30.6. The molecule has 10 heteroatoms. The quantitative estimate of drug-likeness (QED) is 0.716. The zero-order chi connectivity index (χ0) is 21.0. The summed E-state index contributed by atoms with van der Waals surface area (Å²) in [6.45, 7) is 3.91. The Hall–Kier alpha value is -1.78. The number of methoxy groups -OCH3 is 1. The summed E-state index contributed by atoms with van der Waals surface area (Å²) in [5, 5.41) is 0. The first-order valence-corrected chi connectivity index (χ1v) is 11.8. The largest absolute Gasteiger partial charge is 0.378 e. The molecule has 0 radical (unpaired) electrons. The van der Waals surface area contributed by atoms with Crippen LogP contribution in [-0.4, -0.2) is 72.5 Å². The minimum absolute atomic E-state index is 0.0160. The molecule has 1 N–H and O–H groups in total. The van der Waals surface area contributed by atoms with Crippen LogP contribution in [0.2, 0.25) is 0 Å². The molecule has 9 nitrogen and oxygen atoms in total. The molecule has 2 fully saturated rings. The SMILES string of the molecule is CCS(=O)(=O)N1CCC(C(=O)N2CCCC(c3nc(COC)cc(=O)[nH]3)C2)CC1. The van der Waals surface area contributed by atoms with Crippen LogP contribution in [0, 0.1) is 5.92 Å². The van der Waals surface area contributed by atoms with Gasteiger partial charge in [-0.1, -0.05) is 0 Å². The number of carbonyl (C=O) groups excluding carboxylic acids is 1. The van der Waals surface area contributed by atoms with Crippen molar-refractivity contribution in [3.05, 3.63) is 27.9 Å². The van der Waals surface area contributed by atoms with Gasteiger partial charge in [-0.05, 0) is 32.6 Å². The van der Waals surface area contributed by atoms with Crippen molar-refractivity contribution in [1.82, 2.24) is 19.2 Å². The number of amides is 1. The van der Waals surface area contributed by atoms with Gasteiger partial charge in [-0.2, -0.15) is 0 Å². The van der Waals surface area contributed by atoms with E-state index in [2.05, 4.69) is 9.97 Å². The third kappa shape index (κ3) is 5.23. The molecule has 2 saturated heterocycles. The first kappa shape index (κ1) is 21.9. The van der Waals surface area contributed by atoms with E-state index in [0.717, 1.165) is 12.8 Å². The van der Waals surface area contributed by atoms with E-state index >= 15 is 0 Å². The minimum atomic E-state index is -3.20. The highest BCUT2D eigenvalue weighted by Crippen LogP contribution is 2.28. The van der Waals surface area contributed by atoms with Crippen LogP contribution in [-0.2, 0) is 26.2 Å². The van der Waals surface area contributed by atoms with Gasteiger partial charge in [-0.15, -0.1) is 0 Å². The zero-order valence-electron chi connectivity index (χ0n) is 17.1. The Morgan fingerprint density at radius 1 is 1.28 bits per heavy atom. The average Bonchev–Trinajstić information content (AvgIpc) is 2.73. The van der Waals surface area contributed by atoms with Crippen LogP contribution in [0.5, 0.6) is 0 Å². The maximum absolute atomic E-state index is 13.0. The number of hydrogen-bond acceptors (Lipinski definition) is 6. The topological polar surface area (TPSA) is 113 Å². The van der Waals surface area contributed by atoms with Gasteiger partial charge in [0.25, 0.3) is 5.56 Å². The summed E-state index contributed by atoms with van der Waals surface area (Å²) in [5.41, 5.74) is 0.370. The van der Waals surface area contributed by atoms with Crippen molar-refractivity contribution in [1.29, 1.82) is 0 Å². The number of aromatic amines is 1. The van der Waals surface area contributed by atoms with E-state index in [-0.39, 0.29) is 35.7 Å². The predicted octanol–water partition coefficient (Wildman–Crippen LogP) is 0.684. The summed E-state index contributed by atoms with van der Waals surface area (Å²) in [6, 6.07) is 1.43. The van der Waals surface area contributed by atoms with Crippen molar-refractivity contribution < 1.29 is 17.9 Å².